The minimum atomic E-state index is -0.573. The van der Waals surface area contributed by atoms with Crippen molar-refractivity contribution in [2.45, 2.75) is 15.2 Å². The number of fused-ring (bicyclic) bond motifs is 9. The average Bonchev–Trinajstić information content (AvgIpc) is 3.60. The fourth-order valence-electron chi connectivity index (χ4n) is 9.05. The monoisotopic (exact) mass is 755 g/mol. The molecule has 1 aromatic heterocycles. The Labute approximate surface area is 342 Å². The number of hydrogen-bond donors (Lipinski definition) is 0. The Morgan fingerprint density at radius 3 is 1.60 bits per heavy atom. The lowest BCUT2D eigenvalue weighted by atomic mass is 9.67. The van der Waals surface area contributed by atoms with E-state index in [0.29, 0.717) is 11.4 Å². The number of nitrogens with zero attached hydrogens (tertiary/aromatic N) is 3. The minimum absolute atomic E-state index is 0.573. The summed E-state index contributed by atoms with van der Waals surface area (Å²) in [4.78, 5) is 13.0. The van der Waals surface area contributed by atoms with Crippen LogP contribution in [0.3, 0.4) is 0 Å². The van der Waals surface area contributed by atoms with E-state index >= 15 is 0 Å². The summed E-state index contributed by atoms with van der Waals surface area (Å²) in [6.45, 7) is 0. The van der Waals surface area contributed by atoms with Crippen LogP contribution in [0.2, 0.25) is 0 Å². The molecule has 0 saturated carbocycles. The SMILES string of the molecule is N#Cc1ccc(-c2ccc(-c3cccc4c3-c3ccccc3C43c4ccccc4Sc4c(-c5nc(-c6ccccc6)cc(-c6ccccc6)n5)cccc43)cc2)cc1. The van der Waals surface area contributed by atoms with Gasteiger partial charge in [0.05, 0.1) is 28.4 Å². The third kappa shape index (κ3) is 5.29. The Morgan fingerprint density at radius 2 is 0.931 bits per heavy atom. The van der Waals surface area contributed by atoms with E-state index in [1.54, 1.807) is 0 Å². The molecule has 0 bridgehead atoms. The number of rotatable bonds is 5. The molecule has 8 aromatic carbocycles. The van der Waals surface area contributed by atoms with Crippen LogP contribution in [0.5, 0.6) is 0 Å². The summed E-state index contributed by atoms with van der Waals surface area (Å²) in [5.41, 5.74) is 17.2. The molecule has 4 heteroatoms. The van der Waals surface area contributed by atoms with Crippen LogP contribution in [0, 0.1) is 11.3 Å². The van der Waals surface area contributed by atoms with Crippen molar-refractivity contribution in [2.75, 3.05) is 0 Å². The van der Waals surface area contributed by atoms with Gasteiger partial charge in [0, 0.05) is 26.5 Å². The number of hydrogen-bond acceptors (Lipinski definition) is 4. The largest absolute Gasteiger partial charge is 0.228 e. The first kappa shape index (κ1) is 34.0. The zero-order chi connectivity index (χ0) is 38.6. The first-order valence-electron chi connectivity index (χ1n) is 19.5. The molecule has 1 unspecified atom stereocenters. The highest BCUT2D eigenvalue weighted by Crippen LogP contribution is 2.64. The van der Waals surface area contributed by atoms with Crippen LogP contribution in [0.15, 0.2) is 210 Å². The fourth-order valence-corrected chi connectivity index (χ4v) is 10.3. The Morgan fingerprint density at radius 1 is 0.414 bits per heavy atom. The van der Waals surface area contributed by atoms with Crippen molar-refractivity contribution >= 4 is 11.8 Å². The molecule has 0 saturated heterocycles. The average molecular weight is 756 g/mol. The summed E-state index contributed by atoms with van der Waals surface area (Å²) < 4.78 is 0. The number of benzene rings is 8. The molecule has 270 valence electrons. The highest BCUT2D eigenvalue weighted by Gasteiger charge is 2.51. The lowest BCUT2D eigenvalue weighted by molar-refractivity contribution is 0.723. The van der Waals surface area contributed by atoms with Crippen LogP contribution in [-0.2, 0) is 5.41 Å². The zero-order valence-corrected chi connectivity index (χ0v) is 32.1. The lowest BCUT2D eigenvalue weighted by Gasteiger charge is -2.40. The van der Waals surface area contributed by atoms with E-state index in [2.05, 4.69) is 170 Å². The van der Waals surface area contributed by atoms with Gasteiger partial charge in [0.15, 0.2) is 5.82 Å². The zero-order valence-electron chi connectivity index (χ0n) is 31.3. The second-order valence-electron chi connectivity index (χ2n) is 14.8. The van der Waals surface area contributed by atoms with E-state index in [-0.39, 0.29) is 0 Å². The van der Waals surface area contributed by atoms with Gasteiger partial charge in [-0.2, -0.15) is 5.26 Å². The molecule has 0 fully saturated rings. The van der Waals surface area contributed by atoms with Crippen LogP contribution in [0.4, 0.5) is 0 Å². The smallest absolute Gasteiger partial charge is 0.161 e. The third-order valence-corrected chi connectivity index (χ3v) is 12.9. The van der Waals surface area contributed by atoms with Gasteiger partial charge in [-0.25, -0.2) is 9.97 Å². The van der Waals surface area contributed by atoms with Gasteiger partial charge in [-0.05, 0) is 79.9 Å². The maximum atomic E-state index is 9.32. The standard InChI is InChI=1S/C54H33N3S/c55-34-35-25-27-36(28-26-35)37-29-31-38(32-30-37)41-18-11-22-46-51(41)42-17-7-8-20-44(42)54(46)45-21-9-10-24-50(45)58-52-43(19-12-23-47(52)54)53-56-48(39-13-3-1-4-14-39)33-49(57-53)40-15-5-2-6-16-40/h1-33H. The maximum Gasteiger partial charge on any atom is 0.161 e. The first-order valence-corrected chi connectivity index (χ1v) is 20.3. The van der Waals surface area contributed by atoms with E-state index in [0.717, 1.165) is 44.8 Å². The van der Waals surface area contributed by atoms with Crippen molar-refractivity contribution < 1.29 is 0 Å². The van der Waals surface area contributed by atoms with E-state index < -0.39 is 5.41 Å². The summed E-state index contributed by atoms with van der Waals surface area (Å²) in [7, 11) is 0. The fraction of sp³-hybridized carbons (Fsp3) is 0.0185. The van der Waals surface area contributed by atoms with Crippen molar-refractivity contribution in [3.63, 3.8) is 0 Å². The molecule has 2 heterocycles. The molecule has 9 aromatic rings. The molecule has 0 amide bonds. The Bertz CT molecular complexity index is 3020. The van der Waals surface area contributed by atoms with Crippen molar-refractivity contribution in [1.29, 1.82) is 5.26 Å². The van der Waals surface area contributed by atoms with Crippen LogP contribution in [0.1, 0.15) is 27.8 Å². The van der Waals surface area contributed by atoms with E-state index in [1.165, 1.54) is 48.7 Å². The predicted molar refractivity (Wildman–Crippen MR) is 235 cm³/mol. The quantitative estimate of drug-likeness (QED) is 0.175. The summed E-state index contributed by atoms with van der Waals surface area (Å²) >= 11 is 1.82. The van der Waals surface area contributed by atoms with Crippen molar-refractivity contribution in [3.8, 4) is 73.4 Å². The summed E-state index contributed by atoms with van der Waals surface area (Å²) in [5, 5.41) is 9.32. The van der Waals surface area contributed by atoms with E-state index in [4.69, 9.17) is 9.97 Å². The first-order chi connectivity index (χ1) is 28.7. The molecular weight excluding hydrogens is 723 g/mol. The predicted octanol–water partition coefficient (Wildman–Crippen LogP) is 13.5. The molecule has 1 aliphatic heterocycles. The van der Waals surface area contributed by atoms with Gasteiger partial charge in [-0.1, -0.05) is 188 Å². The van der Waals surface area contributed by atoms with E-state index in [1.807, 2.05) is 48.2 Å². The second kappa shape index (κ2) is 13.7. The topological polar surface area (TPSA) is 49.6 Å². The highest BCUT2D eigenvalue weighted by atomic mass is 32.2. The highest BCUT2D eigenvalue weighted by molar-refractivity contribution is 7.99. The van der Waals surface area contributed by atoms with Gasteiger partial charge < -0.3 is 0 Å². The van der Waals surface area contributed by atoms with Crippen molar-refractivity contribution in [3.05, 3.63) is 228 Å². The molecule has 11 rings (SSSR count). The van der Waals surface area contributed by atoms with Crippen molar-refractivity contribution in [2.24, 2.45) is 0 Å². The molecule has 0 radical (unpaired) electrons. The normalized spacial score (nSPS) is 14.5. The minimum Gasteiger partial charge on any atom is -0.228 e. The summed E-state index contributed by atoms with van der Waals surface area (Å²) in [5.74, 6) is 0.710. The van der Waals surface area contributed by atoms with Gasteiger partial charge in [-0.15, -0.1) is 0 Å². The van der Waals surface area contributed by atoms with Gasteiger partial charge in [-0.3, -0.25) is 0 Å². The van der Waals surface area contributed by atoms with Crippen LogP contribution < -0.4 is 0 Å². The third-order valence-electron chi connectivity index (χ3n) is 11.6. The lowest BCUT2D eigenvalue weighted by Crippen LogP contribution is -2.32. The number of aromatic nitrogens is 2. The van der Waals surface area contributed by atoms with Gasteiger partial charge in [0.1, 0.15) is 0 Å². The summed E-state index contributed by atoms with van der Waals surface area (Å²) in [6.07, 6.45) is 0. The van der Waals surface area contributed by atoms with Gasteiger partial charge in [0.2, 0.25) is 0 Å². The Balaban J connectivity index is 1.14. The molecule has 58 heavy (non-hydrogen) atoms. The maximum absolute atomic E-state index is 9.32. The number of nitriles is 1. The van der Waals surface area contributed by atoms with Crippen LogP contribution >= 0.6 is 11.8 Å². The second-order valence-corrected chi connectivity index (χ2v) is 15.8. The van der Waals surface area contributed by atoms with E-state index in [9.17, 15) is 5.26 Å². The molecule has 2 aliphatic rings. The molecular formula is C54H33N3S. The van der Waals surface area contributed by atoms with Crippen LogP contribution in [-0.4, -0.2) is 9.97 Å². The van der Waals surface area contributed by atoms with Crippen molar-refractivity contribution in [1.82, 2.24) is 9.97 Å². The Hall–Kier alpha value is -7.32. The molecule has 1 spiro atoms. The molecule has 1 atom stereocenters. The Kier molecular flexibility index (Phi) is 8.03. The van der Waals surface area contributed by atoms with Gasteiger partial charge >= 0.3 is 0 Å². The molecule has 1 aliphatic carbocycles. The molecule has 0 N–H and O–H groups in total. The van der Waals surface area contributed by atoms with Gasteiger partial charge in [0.25, 0.3) is 0 Å². The molecule has 3 nitrogen and oxygen atoms in total. The summed E-state index contributed by atoms with van der Waals surface area (Å²) in [6, 6.07) is 73.2. The van der Waals surface area contributed by atoms with Crippen LogP contribution in [0.25, 0.3) is 67.3 Å².